The summed E-state index contributed by atoms with van der Waals surface area (Å²) in [5.74, 6) is 1.50. The molecule has 122 valence electrons. The van der Waals surface area contributed by atoms with Crippen molar-refractivity contribution < 1.29 is 16.8 Å². The number of anilines is 1. The van der Waals surface area contributed by atoms with Gasteiger partial charge in [-0.1, -0.05) is 12.0 Å². The summed E-state index contributed by atoms with van der Waals surface area (Å²) in [6, 6.07) is 6.57. The second-order valence-electron chi connectivity index (χ2n) is 4.77. The summed E-state index contributed by atoms with van der Waals surface area (Å²) in [5.41, 5.74) is 0.993. The normalized spacial score (nSPS) is 12.1. The third-order valence-electron chi connectivity index (χ3n) is 3.08. The SMILES string of the molecule is C#Cc1cccc(N(CC)S(=O)(=O)CCS(=O)(=O)N(C)C)c1. The lowest BCUT2D eigenvalue weighted by Gasteiger charge is -2.23. The van der Waals surface area contributed by atoms with Crippen LogP contribution in [0.4, 0.5) is 5.69 Å². The van der Waals surface area contributed by atoms with E-state index in [1.54, 1.807) is 31.2 Å². The molecule has 22 heavy (non-hydrogen) atoms. The molecule has 0 radical (unpaired) electrons. The number of rotatable bonds is 7. The Labute approximate surface area is 132 Å². The smallest absolute Gasteiger partial charge is 0.236 e. The molecule has 0 unspecified atom stereocenters. The minimum absolute atomic E-state index is 0.193. The average Bonchev–Trinajstić information content (AvgIpc) is 2.46. The van der Waals surface area contributed by atoms with E-state index in [9.17, 15) is 16.8 Å². The molecule has 0 aliphatic heterocycles. The van der Waals surface area contributed by atoms with E-state index in [2.05, 4.69) is 5.92 Å². The standard InChI is InChI=1S/C14H20N2O4S2/c1-5-13-8-7-9-14(12-13)16(6-2)22(19,20)11-10-21(17,18)15(3)4/h1,7-9,12H,6,10-11H2,2-4H3. The van der Waals surface area contributed by atoms with Crippen molar-refractivity contribution in [3.8, 4) is 12.3 Å². The first kappa shape index (κ1) is 18.5. The lowest BCUT2D eigenvalue weighted by atomic mass is 10.2. The Hall–Kier alpha value is -1.56. The number of hydrogen-bond acceptors (Lipinski definition) is 4. The molecule has 1 aromatic rings. The van der Waals surface area contributed by atoms with Crippen LogP contribution in [-0.2, 0) is 20.0 Å². The van der Waals surface area contributed by atoms with Gasteiger partial charge in [0.2, 0.25) is 20.0 Å². The molecule has 0 saturated heterocycles. The topological polar surface area (TPSA) is 74.8 Å². The Balaban J connectivity index is 3.05. The summed E-state index contributed by atoms with van der Waals surface area (Å²) in [6.07, 6.45) is 5.32. The first-order valence-electron chi connectivity index (χ1n) is 6.61. The second-order valence-corrected chi connectivity index (χ2v) is 9.09. The molecule has 0 bridgehead atoms. The minimum Gasteiger partial charge on any atom is -0.270 e. The highest BCUT2D eigenvalue weighted by molar-refractivity contribution is 7.95. The van der Waals surface area contributed by atoms with Crippen LogP contribution in [0.15, 0.2) is 24.3 Å². The van der Waals surface area contributed by atoms with Crippen molar-refractivity contribution in [2.75, 3.05) is 36.5 Å². The summed E-state index contributed by atoms with van der Waals surface area (Å²) in [6.45, 7) is 1.87. The Morgan fingerprint density at radius 2 is 1.68 bits per heavy atom. The molecule has 0 atom stereocenters. The van der Waals surface area contributed by atoms with Gasteiger partial charge in [0.05, 0.1) is 17.2 Å². The fourth-order valence-electron chi connectivity index (χ4n) is 1.79. The molecule has 8 heteroatoms. The lowest BCUT2D eigenvalue weighted by molar-refractivity contribution is 0.521. The van der Waals surface area contributed by atoms with E-state index in [0.717, 1.165) is 4.31 Å². The van der Waals surface area contributed by atoms with Gasteiger partial charge in [-0.2, -0.15) is 0 Å². The quantitative estimate of drug-likeness (QED) is 0.683. The molecule has 0 N–H and O–H groups in total. The molecule has 1 aromatic carbocycles. The Morgan fingerprint density at radius 3 is 2.18 bits per heavy atom. The molecular weight excluding hydrogens is 324 g/mol. The van der Waals surface area contributed by atoms with E-state index in [1.165, 1.54) is 18.4 Å². The zero-order chi connectivity index (χ0) is 17.0. The molecule has 0 saturated carbocycles. The molecular formula is C14H20N2O4S2. The Bertz CT molecular complexity index is 762. The minimum atomic E-state index is -3.76. The Kier molecular flexibility index (Phi) is 6.00. The number of nitrogens with zero attached hydrogens (tertiary/aromatic N) is 2. The fourth-order valence-corrected chi connectivity index (χ4v) is 4.89. The highest BCUT2D eigenvalue weighted by atomic mass is 32.2. The van der Waals surface area contributed by atoms with Gasteiger partial charge in [-0.25, -0.2) is 21.1 Å². The van der Waals surface area contributed by atoms with E-state index in [1.807, 2.05) is 0 Å². The van der Waals surface area contributed by atoms with Crippen LogP contribution in [0.1, 0.15) is 12.5 Å². The summed E-state index contributed by atoms with van der Waals surface area (Å²) in [5, 5.41) is 0. The number of sulfonamides is 2. The van der Waals surface area contributed by atoms with Crippen molar-refractivity contribution in [3.63, 3.8) is 0 Å². The van der Waals surface area contributed by atoms with Crippen molar-refractivity contribution in [2.45, 2.75) is 6.92 Å². The summed E-state index contributed by atoms with van der Waals surface area (Å²) < 4.78 is 50.5. The van der Waals surface area contributed by atoms with Crippen LogP contribution in [0.3, 0.4) is 0 Å². The number of benzene rings is 1. The van der Waals surface area contributed by atoms with E-state index < -0.39 is 31.6 Å². The highest BCUT2D eigenvalue weighted by Gasteiger charge is 2.25. The van der Waals surface area contributed by atoms with Gasteiger partial charge in [-0.05, 0) is 25.1 Å². The molecule has 0 fully saturated rings. The van der Waals surface area contributed by atoms with E-state index in [0.29, 0.717) is 11.3 Å². The first-order valence-corrected chi connectivity index (χ1v) is 9.83. The maximum atomic E-state index is 12.4. The van der Waals surface area contributed by atoms with Gasteiger partial charge in [-0.15, -0.1) is 6.42 Å². The average molecular weight is 344 g/mol. The number of terminal acetylenes is 1. The van der Waals surface area contributed by atoms with Crippen molar-refractivity contribution in [1.29, 1.82) is 0 Å². The maximum absolute atomic E-state index is 12.4. The van der Waals surface area contributed by atoms with Gasteiger partial charge in [0, 0.05) is 26.2 Å². The first-order chi connectivity index (χ1) is 10.1. The van der Waals surface area contributed by atoms with Crippen molar-refractivity contribution in [1.82, 2.24) is 4.31 Å². The Morgan fingerprint density at radius 1 is 1.09 bits per heavy atom. The lowest BCUT2D eigenvalue weighted by Crippen LogP contribution is -2.37. The molecule has 0 heterocycles. The summed E-state index contributed by atoms with van der Waals surface area (Å²) in [4.78, 5) is 0. The van der Waals surface area contributed by atoms with Crippen LogP contribution in [0.2, 0.25) is 0 Å². The van der Waals surface area contributed by atoms with Crippen molar-refractivity contribution >= 4 is 25.7 Å². The summed E-state index contributed by atoms with van der Waals surface area (Å²) >= 11 is 0. The maximum Gasteiger partial charge on any atom is 0.236 e. The molecule has 0 amide bonds. The molecule has 0 spiro atoms. The predicted octanol–water partition coefficient (Wildman–Crippen LogP) is 0.715. The molecule has 6 nitrogen and oxygen atoms in total. The van der Waals surface area contributed by atoms with Gasteiger partial charge in [0.25, 0.3) is 0 Å². The van der Waals surface area contributed by atoms with Gasteiger partial charge in [0.1, 0.15) is 0 Å². The highest BCUT2D eigenvalue weighted by Crippen LogP contribution is 2.19. The van der Waals surface area contributed by atoms with E-state index >= 15 is 0 Å². The van der Waals surface area contributed by atoms with Gasteiger partial charge < -0.3 is 0 Å². The zero-order valence-electron chi connectivity index (χ0n) is 12.9. The predicted molar refractivity (Wildman–Crippen MR) is 88.7 cm³/mol. The van der Waals surface area contributed by atoms with Crippen molar-refractivity contribution in [2.24, 2.45) is 0 Å². The van der Waals surface area contributed by atoms with Gasteiger partial charge in [0.15, 0.2) is 0 Å². The monoisotopic (exact) mass is 344 g/mol. The molecule has 0 aromatic heterocycles. The van der Waals surface area contributed by atoms with Crippen LogP contribution in [0.5, 0.6) is 0 Å². The third-order valence-corrected chi connectivity index (χ3v) is 7.03. The van der Waals surface area contributed by atoms with E-state index in [4.69, 9.17) is 6.42 Å². The molecule has 0 aliphatic carbocycles. The van der Waals surface area contributed by atoms with Crippen LogP contribution >= 0.6 is 0 Å². The van der Waals surface area contributed by atoms with Gasteiger partial charge >= 0.3 is 0 Å². The third kappa shape index (κ3) is 4.47. The molecule has 1 rings (SSSR count). The zero-order valence-corrected chi connectivity index (χ0v) is 14.5. The van der Waals surface area contributed by atoms with Crippen LogP contribution in [-0.4, -0.2) is 53.3 Å². The van der Waals surface area contributed by atoms with E-state index in [-0.39, 0.29) is 6.54 Å². The van der Waals surface area contributed by atoms with Crippen molar-refractivity contribution in [3.05, 3.63) is 29.8 Å². The van der Waals surface area contributed by atoms with Gasteiger partial charge in [-0.3, -0.25) is 4.31 Å². The largest absolute Gasteiger partial charge is 0.270 e. The number of hydrogen-bond donors (Lipinski definition) is 0. The van der Waals surface area contributed by atoms with Crippen LogP contribution in [0, 0.1) is 12.3 Å². The second kappa shape index (κ2) is 7.13. The van der Waals surface area contributed by atoms with Crippen LogP contribution < -0.4 is 4.31 Å². The fraction of sp³-hybridized carbons (Fsp3) is 0.429. The van der Waals surface area contributed by atoms with Crippen LogP contribution in [0.25, 0.3) is 0 Å². The summed E-state index contributed by atoms with van der Waals surface area (Å²) in [7, 11) is -4.59. The molecule has 0 aliphatic rings.